The number of pyridine rings is 1. The van der Waals surface area contributed by atoms with Crippen molar-refractivity contribution in [1.82, 2.24) is 4.98 Å². The average Bonchev–Trinajstić information content (AvgIpc) is 3.28. The fourth-order valence-electron chi connectivity index (χ4n) is 4.56. The average molecular weight is 386 g/mol. The molecule has 1 unspecified atom stereocenters. The quantitative estimate of drug-likeness (QED) is 0.677. The summed E-state index contributed by atoms with van der Waals surface area (Å²) in [5.41, 5.74) is 2.65. The van der Waals surface area contributed by atoms with Crippen LogP contribution in [-0.2, 0) is 16.8 Å². The van der Waals surface area contributed by atoms with Gasteiger partial charge in [0.2, 0.25) is 11.7 Å². The van der Waals surface area contributed by atoms with Crippen molar-refractivity contribution in [3.63, 3.8) is 0 Å². The number of nitrogens with zero attached hydrogens (tertiary/aromatic N) is 2. The molecule has 0 saturated heterocycles. The van der Waals surface area contributed by atoms with Crippen LogP contribution in [0.15, 0.2) is 60.8 Å². The van der Waals surface area contributed by atoms with Crippen molar-refractivity contribution in [3.8, 4) is 17.2 Å². The van der Waals surface area contributed by atoms with Gasteiger partial charge in [0.15, 0.2) is 11.5 Å². The monoisotopic (exact) mass is 386 g/mol. The predicted octanol–water partition coefficient (Wildman–Crippen LogP) is 3.08. The molecule has 2 aromatic carbocycles. The number of hydrogen-bond acceptors (Lipinski definition) is 5. The summed E-state index contributed by atoms with van der Waals surface area (Å²) in [6.45, 7) is 1.64. The fraction of sp³-hybridized carbons (Fsp3) is 0.217. The summed E-state index contributed by atoms with van der Waals surface area (Å²) in [7, 11) is 0. The lowest BCUT2D eigenvalue weighted by molar-refractivity contribution is -0.122. The number of carbonyl (C=O) groups excluding carboxylic acids is 1. The summed E-state index contributed by atoms with van der Waals surface area (Å²) in [6.07, 6.45) is 1.75. The number of benzene rings is 2. The Bertz CT molecular complexity index is 1130. The molecule has 0 aliphatic carbocycles. The van der Waals surface area contributed by atoms with Crippen molar-refractivity contribution in [3.05, 3.63) is 77.6 Å². The lowest BCUT2D eigenvalue weighted by Gasteiger charge is -2.24. The van der Waals surface area contributed by atoms with Gasteiger partial charge in [-0.15, -0.1) is 0 Å². The minimum Gasteiger partial charge on any atom is -0.487 e. The van der Waals surface area contributed by atoms with Gasteiger partial charge in [0.05, 0.1) is 12.2 Å². The minimum atomic E-state index is -0.878. The lowest BCUT2D eigenvalue weighted by Crippen LogP contribution is -2.42. The number of para-hydroxylation sites is 1. The van der Waals surface area contributed by atoms with Crippen molar-refractivity contribution in [2.45, 2.75) is 12.0 Å². The Morgan fingerprint density at radius 1 is 0.897 bits per heavy atom. The van der Waals surface area contributed by atoms with Crippen LogP contribution in [0, 0.1) is 0 Å². The maximum absolute atomic E-state index is 13.9. The molecule has 0 N–H and O–H groups in total. The first-order chi connectivity index (χ1) is 14.3. The van der Waals surface area contributed by atoms with E-state index in [1.807, 2.05) is 59.5 Å². The van der Waals surface area contributed by atoms with E-state index >= 15 is 0 Å². The molecule has 3 aliphatic heterocycles. The van der Waals surface area contributed by atoms with Crippen LogP contribution in [0.5, 0.6) is 17.2 Å². The Balaban J connectivity index is 1.51. The van der Waals surface area contributed by atoms with E-state index in [4.69, 9.17) is 14.2 Å². The third-order valence-electron chi connectivity index (χ3n) is 5.87. The van der Waals surface area contributed by atoms with Gasteiger partial charge >= 0.3 is 0 Å². The number of hydrogen-bond donors (Lipinski definition) is 0. The number of rotatable bonds is 2. The third-order valence-corrected chi connectivity index (χ3v) is 5.87. The molecule has 3 aliphatic rings. The Labute approximate surface area is 167 Å². The maximum atomic E-state index is 13.9. The molecule has 0 fully saturated rings. The number of fused-ring (bicyclic) bond motifs is 6. The minimum absolute atomic E-state index is 0.000203. The van der Waals surface area contributed by atoms with Crippen molar-refractivity contribution < 1.29 is 19.0 Å². The van der Waals surface area contributed by atoms with Gasteiger partial charge in [0.1, 0.15) is 25.2 Å². The Kier molecular flexibility index (Phi) is 3.38. The highest BCUT2D eigenvalue weighted by molar-refractivity contribution is 6.11. The molecule has 0 saturated carbocycles. The summed E-state index contributed by atoms with van der Waals surface area (Å²) < 4.78 is 17.6. The standard InChI is InChI=1S/C23H18N2O4/c26-22-23(14-29-20-17(23)8-9-19-21(20)28-12-11-27-19)16-6-1-2-7-18(16)25(22)13-15-5-3-4-10-24-15/h1-10H,11-14H2. The summed E-state index contributed by atoms with van der Waals surface area (Å²) in [6, 6.07) is 17.5. The van der Waals surface area contributed by atoms with Gasteiger partial charge in [0.25, 0.3) is 0 Å². The van der Waals surface area contributed by atoms with Crippen LogP contribution < -0.4 is 19.1 Å². The third kappa shape index (κ3) is 2.17. The number of anilines is 1. The molecule has 1 aromatic heterocycles. The van der Waals surface area contributed by atoms with Crippen LogP contribution in [0.3, 0.4) is 0 Å². The van der Waals surface area contributed by atoms with Crippen molar-refractivity contribution in [1.29, 1.82) is 0 Å². The van der Waals surface area contributed by atoms with Crippen LogP contribution in [0.2, 0.25) is 0 Å². The molecule has 4 heterocycles. The molecular weight excluding hydrogens is 368 g/mol. The molecule has 6 rings (SSSR count). The second-order valence-corrected chi connectivity index (χ2v) is 7.39. The van der Waals surface area contributed by atoms with Gasteiger partial charge in [0, 0.05) is 17.4 Å². The van der Waals surface area contributed by atoms with E-state index in [1.54, 1.807) is 6.20 Å². The predicted molar refractivity (Wildman–Crippen MR) is 106 cm³/mol. The first-order valence-corrected chi connectivity index (χ1v) is 9.66. The molecule has 144 valence electrons. The van der Waals surface area contributed by atoms with E-state index in [0.29, 0.717) is 37.0 Å². The van der Waals surface area contributed by atoms with Crippen molar-refractivity contribution in [2.75, 3.05) is 24.7 Å². The van der Waals surface area contributed by atoms with Crippen LogP contribution in [0.4, 0.5) is 5.69 Å². The highest BCUT2D eigenvalue weighted by Crippen LogP contribution is 2.56. The summed E-state index contributed by atoms with van der Waals surface area (Å²) in [5.74, 6) is 1.88. The zero-order chi connectivity index (χ0) is 19.4. The first-order valence-electron chi connectivity index (χ1n) is 9.66. The van der Waals surface area contributed by atoms with Crippen LogP contribution in [-0.4, -0.2) is 30.7 Å². The smallest absolute Gasteiger partial charge is 0.246 e. The molecule has 3 aromatic rings. The molecule has 0 radical (unpaired) electrons. The molecule has 29 heavy (non-hydrogen) atoms. The van der Waals surface area contributed by atoms with E-state index in [0.717, 1.165) is 22.5 Å². The fourth-order valence-corrected chi connectivity index (χ4v) is 4.56. The second kappa shape index (κ2) is 5.98. The van der Waals surface area contributed by atoms with E-state index in [-0.39, 0.29) is 12.5 Å². The van der Waals surface area contributed by atoms with E-state index in [1.165, 1.54) is 0 Å². The highest BCUT2D eigenvalue weighted by Gasteiger charge is 2.57. The van der Waals surface area contributed by atoms with Gasteiger partial charge in [-0.1, -0.05) is 24.3 Å². The van der Waals surface area contributed by atoms with E-state index in [9.17, 15) is 4.79 Å². The van der Waals surface area contributed by atoms with Gasteiger partial charge in [-0.05, 0) is 35.9 Å². The zero-order valence-electron chi connectivity index (χ0n) is 15.6. The molecule has 6 nitrogen and oxygen atoms in total. The van der Waals surface area contributed by atoms with Crippen molar-refractivity contribution >= 4 is 11.6 Å². The molecule has 6 heteroatoms. The first kappa shape index (κ1) is 16.4. The van der Waals surface area contributed by atoms with Gasteiger partial charge < -0.3 is 19.1 Å². The number of ether oxygens (including phenoxy) is 3. The normalized spacial score (nSPS) is 21.1. The highest BCUT2D eigenvalue weighted by atomic mass is 16.6. The largest absolute Gasteiger partial charge is 0.487 e. The van der Waals surface area contributed by atoms with Gasteiger partial charge in [-0.2, -0.15) is 0 Å². The van der Waals surface area contributed by atoms with Gasteiger partial charge in [-0.3, -0.25) is 9.78 Å². The Hall–Kier alpha value is -3.54. The SMILES string of the molecule is O=C1N(Cc2ccccn2)c2ccccc2C12COc1c2ccc2c1OCCO2. The summed E-state index contributed by atoms with van der Waals surface area (Å²) in [5, 5.41) is 0. The molecule has 1 atom stereocenters. The van der Waals surface area contributed by atoms with E-state index < -0.39 is 5.41 Å². The Morgan fingerprint density at radius 3 is 2.66 bits per heavy atom. The van der Waals surface area contributed by atoms with Crippen LogP contribution >= 0.6 is 0 Å². The summed E-state index contributed by atoms with van der Waals surface area (Å²) in [4.78, 5) is 20.1. The topological polar surface area (TPSA) is 60.9 Å². The molecule has 1 amide bonds. The van der Waals surface area contributed by atoms with Crippen LogP contribution in [0.25, 0.3) is 0 Å². The number of amides is 1. The molecule has 1 spiro atoms. The lowest BCUT2D eigenvalue weighted by atomic mass is 9.77. The number of carbonyl (C=O) groups is 1. The Morgan fingerprint density at radius 2 is 1.76 bits per heavy atom. The van der Waals surface area contributed by atoms with Gasteiger partial charge in [-0.25, -0.2) is 0 Å². The molecular formula is C23H18N2O4. The van der Waals surface area contributed by atoms with Crippen molar-refractivity contribution in [2.24, 2.45) is 0 Å². The summed E-state index contributed by atoms with van der Waals surface area (Å²) >= 11 is 0. The molecule has 0 bridgehead atoms. The number of aromatic nitrogens is 1. The second-order valence-electron chi connectivity index (χ2n) is 7.39. The maximum Gasteiger partial charge on any atom is 0.246 e. The van der Waals surface area contributed by atoms with E-state index in [2.05, 4.69) is 4.98 Å². The van der Waals surface area contributed by atoms with Crippen LogP contribution in [0.1, 0.15) is 16.8 Å². The zero-order valence-corrected chi connectivity index (χ0v) is 15.6.